The lowest BCUT2D eigenvalue weighted by Gasteiger charge is -2.27. The molecule has 4 heteroatoms. The van der Waals surface area contributed by atoms with Crippen molar-refractivity contribution in [2.75, 3.05) is 5.32 Å². The van der Waals surface area contributed by atoms with Crippen molar-refractivity contribution in [1.29, 1.82) is 0 Å². The van der Waals surface area contributed by atoms with E-state index in [4.69, 9.17) is 0 Å². The van der Waals surface area contributed by atoms with E-state index in [-0.39, 0.29) is 11.3 Å². The lowest BCUT2D eigenvalue weighted by atomic mass is 9.93. The number of carbonyl (C=O) groups is 1. The van der Waals surface area contributed by atoms with E-state index in [1.165, 1.54) is 0 Å². The fraction of sp³-hybridized carbons (Fsp3) is 0.292. The van der Waals surface area contributed by atoms with Crippen LogP contribution in [0.3, 0.4) is 0 Å². The van der Waals surface area contributed by atoms with Crippen molar-refractivity contribution in [2.45, 2.75) is 45.6 Å². The number of hydrogen-bond donors (Lipinski definition) is 1. The molecule has 4 nitrogen and oxygen atoms in total. The Balaban J connectivity index is 1.75. The molecule has 3 aromatic carbocycles. The SMILES string of the molecule is CCC(C)(C)Nc1c(-c2ccc(C(=O)CCc3ccccc3)cc2)c(=O)c1=O. The molecule has 0 saturated carbocycles. The van der Waals surface area contributed by atoms with Gasteiger partial charge in [0, 0.05) is 17.5 Å². The lowest BCUT2D eigenvalue weighted by molar-refractivity contribution is 0.0983. The smallest absolute Gasteiger partial charge is 0.250 e. The number of hydrogen-bond acceptors (Lipinski definition) is 4. The molecule has 0 heterocycles. The minimum Gasteiger partial charge on any atom is -0.376 e. The van der Waals surface area contributed by atoms with Gasteiger partial charge in [-0.05, 0) is 37.8 Å². The standard InChI is InChI=1S/C24H25NO3/c1-4-24(2,3)25-21-20(22(27)23(21)28)18-13-11-17(12-14-18)19(26)15-10-16-8-6-5-7-9-16/h5-9,11-14,25H,4,10,15H2,1-3H3. The van der Waals surface area contributed by atoms with Crippen molar-refractivity contribution in [3.05, 3.63) is 86.2 Å². The molecule has 0 saturated heterocycles. The molecule has 0 radical (unpaired) electrons. The molecule has 3 rings (SSSR count). The number of rotatable bonds is 8. The van der Waals surface area contributed by atoms with E-state index in [0.29, 0.717) is 35.2 Å². The fourth-order valence-electron chi connectivity index (χ4n) is 3.08. The van der Waals surface area contributed by atoms with Crippen LogP contribution in [0.2, 0.25) is 0 Å². The third-order valence-electron chi connectivity index (χ3n) is 5.24. The van der Waals surface area contributed by atoms with Gasteiger partial charge in [-0.3, -0.25) is 14.4 Å². The fourth-order valence-corrected chi connectivity index (χ4v) is 3.08. The number of Topliss-reactive ketones (excluding diaryl/α,β-unsaturated/α-hetero) is 1. The summed E-state index contributed by atoms with van der Waals surface area (Å²) >= 11 is 0. The van der Waals surface area contributed by atoms with Crippen LogP contribution in [0.5, 0.6) is 0 Å². The normalized spacial score (nSPS) is 11.5. The number of anilines is 1. The zero-order chi connectivity index (χ0) is 20.3. The van der Waals surface area contributed by atoms with Gasteiger partial charge in [-0.1, -0.05) is 61.5 Å². The molecule has 0 atom stereocenters. The lowest BCUT2D eigenvalue weighted by Crippen LogP contribution is -2.42. The summed E-state index contributed by atoms with van der Waals surface area (Å²) in [4.78, 5) is 36.6. The predicted octanol–water partition coefficient (Wildman–Crippen LogP) is 4.37. The minimum atomic E-state index is -0.474. The second-order valence-electron chi connectivity index (χ2n) is 7.76. The minimum absolute atomic E-state index is 0.0610. The maximum absolute atomic E-state index is 12.4. The molecule has 144 valence electrons. The van der Waals surface area contributed by atoms with Gasteiger partial charge in [-0.2, -0.15) is 0 Å². The van der Waals surface area contributed by atoms with Crippen LogP contribution in [0.15, 0.2) is 64.2 Å². The van der Waals surface area contributed by atoms with Crippen molar-refractivity contribution < 1.29 is 4.79 Å². The van der Waals surface area contributed by atoms with Crippen molar-refractivity contribution in [3.63, 3.8) is 0 Å². The van der Waals surface area contributed by atoms with E-state index in [1.807, 2.05) is 51.1 Å². The Kier molecular flexibility index (Phi) is 5.59. The van der Waals surface area contributed by atoms with Gasteiger partial charge in [-0.25, -0.2) is 0 Å². The van der Waals surface area contributed by atoms with Crippen LogP contribution in [0, 0.1) is 0 Å². The van der Waals surface area contributed by atoms with E-state index in [0.717, 1.165) is 12.0 Å². The first-order chi connectivity index (χ1) is 13.3. The van der Waals surface area contributed by atoms with Crippen LogP contribution in [-0.2, 0) is 6.42 Å². The van der Waals surface area contributed by atoms with Crippen molar-refractivity contribution >= 4 is 11.5 Å². The molecule has 0 spiro atoms. The molecule has 3 aromatic rings. The van der Waals surface area contributed by atoms with Gasteiger partial charge >= 0.3 is 0 Å². The van der Waals surface area contributed by atoms with E-state index >= 15 is 0 Å². The van der Waals surface area contributed by atoms with Gasteiger partial charge in [0.1, 0.15) is 0 Å². The highest BCUT2D eigenvalue weighted by Gasteiger charge is 2.26. The highest BCUT2D eigenvalue weighted by atomic mass is 16.2. The van der Waals surface area contributed by atoms with Crippen molar-refractivity contribution in [1.82, 2.24) is 0 Å². The number of nitrogens with one attached hydrogen (secondary N) is 1. The number of ketones is 1. The average molecular weight is 375 g/mol. The number of benzene rings is 2. The zero-order valence-electron chi connectivity index (χ0n) is 16.5. The van der Waals surface area contributed by atoms with Crippen LogP contribution < -0.4 is 16.2 Å². The first kappa shape index (κ1) is 19.7. The molecular formula is C24H25NO3. The molecule has 0 aliphatic heterocycles. The topological polar surface area (TPSA) is 63.2 Å². The molecule has 0 aromatic heterocycles. The van der Waals surface area contributed by atoms with Gasteiger partial charge in [0.2, 0.25) is 10.9 Å². The molecule has 0 unspecified atom stereocenters. The summed E-state index contributed by atoms with van der Waals surface area (Å²) in [6.07, 6.45) is 1.95. The van der Waals surface area contributed by atoms with Gasteiger partial charge in [0.05, 0.1) is 11.3 Å². The van der Waals surface area contributed by atoms with Crippen LogP contribution in [0.1, 0.15) is 49.5 Å². The second-order valence-corrected chi connectivity index (χ2v) is 7.76. The van der Waals surface area contributed by atoms with Crippen LogP contribution in [0.25, 0.3) is 11.1 Å². The Hall–Kier alpha value is -3.01. The second kappa shape index (κ2) is 7.93. The summed E-state index contributed by atoms with van der Waals surface area (Å²) in [5.41, 5.74) is 1.97. The number of carbonyl (C=O) groups excluding carboxylic acids is 1. The maximum Gasteiger partial charge on any atom is 0.250 e. The molecule has 0 aliphatic rings. The van der Waals surface area contributed by atoms with Gasteiger partial charge in [-0.15, -0.1) is 0 Å². The average Bonchev–Trinajstić information content (AvgIpc) is 2.72. The van der Waals surface area contributed by atoms with Crippen LogP contribution in [0.4, 0.5) is 5.69 Å². The van der Waals surface area contributed by atoms with Crippen molar-refractivity contribution in [2.24, 2.45) is 0 Å². The third kappa shape index (κ3) is 4.11. The van der Waals surface area contributed by atoms with Gasteiger partial charge < -0.3 is 5.32 Å². The molecule has 0 aliphatic carbocycles. The Bertz CT molecular complexity index is 1040. The third-order valence-corrected chi connectivity index (χ3v) is 5.24. The highest BCUT2D eigenvalue weighted by Crippen LogP contribution is 2.27. The molecule has 0 amide bonds. The molecule has 0 bridgehead atoms. The quantitative estimate of drug-likeness (QED) is 0.469. The zero-order valence-corrected chi connectivity index (χ0v) is 16.5. The monoisotopic (exact) mass is 375 g/mol. The van der Waals surface area contributed by atoms with Crippen LogP contribution in [-0.4, -0.2) is 11.3 Å². The summed E-state index contributed by atoms with van der Waals surface area (Å²) in [7, 11) is 0. The summed E-state index contributed by atoms with van der Waals surface area (Å²) in [5.74, 6) is 0.0610. The first-order valence-corrected chi connectivity index (χ1v) is 9.61. The molecular weight excluding hydrogens is 350 g/mol. The largest absolute Gasteiger partial charge is 0.376 e. The summed E-state index contributed by atoms with van der Waals surface area (Å²) in [5, 5.41) is 3.19. The first-order valence-electron chi connectivity index (χ1n) is 9.61. The Labute approximate surface area is 164 Å². The summed E-state index contributed by atoms with van der Waals surface area (Å²) < 4.78 is 0. The Morgan fingerprint density at radius 3 is 2.18 bits per heavy atom. The molecule has 0 fully saturated rings. The Morgan fingerprint density at radius 1 is 0.929 bits per heavy atom. The Morgan fingerprint density at radius 2 is 1.57 bits per heavy atom. The summed E-state index contributed by atoms with van der Waals surface area (Å²) in [6, 6.07) is 16.9. The van der Waals surface area contributed by atoms with E-state index in [1.54, 1.807) is 24.3 Å². The van der Waals surface area contributed by atoms with E-state index in [2.05, 4.69) is 5.32 Å². The molecule has 28 heavy (non-hydrogen) atoms. The number of aryl methyl sites for hydroxylation is 1. The van der Waals surface area contributed by atoms with Crippen LogP contribution >= 0.6 is 0 Å². The van der Waals surface area contributed by atoms with E-state index < -0.39 is 10.9 Å². The van der Waals surface area contributed by atoms with Gasteiger partial charge in [0.15, 0.2) is 5.78 Å². The van der Waals surface area contributed by atoms with Gasteiger partial charge in [0.25, 0.3) is 0 Å². The van der Waals surface area contributed by atoms with E-state index in [9.17, 15) is 14.4 Å². The molecule has 1 N–H and O–H groups in total. The highest BCUT2D eigenvalue weighted by molar-refractivity contribution is 5.97. The van der Waals surface area contributed by atoms with Crippen molar-refractivity contribution in [3.8, 4) is 11.1 Å². The summed E-state index contributed by atoms with van der Waals surface area (Å²) in [6.45, 7) is 6.00. The predicted molar refractivity (Wildman–Crippen MR) is 114 cm³/mol. The maximum atomic E-state index is 12.4.